The van der Waals surface area contributed by atoms with Gasteiger partial charge >= 0.3 is 24.4 Å². The first-order valence-corrected chi connectivity index (χ1v) is 12.3. The third-order valence-electron chi connectivity index (χ3n) is 5.36. The molecule has 38 heavy (non-hydrogen) atoms. The molecule has 0 heterocycles. The Balaban J connectivity index is 3.33. The van der Waals surface area contributed by atoms with Crippen molar-refractivity contribution in [2.45, 2.75) is 91.6 Å². The number of carbonyl (C=O) groups is 4. The van der Waals surface area contributed by atoms with Gasteiger partial charge < -0.3 is 39.3 Å². The van der Waals surface area contributed by atoms with Crippen LogP contribution in [0, 0.1) is 5.92 Å². The van der Waals surface area contributed by atoms with Crippen LogP contribution in [0.5, 0.6) is 11.5 Å². The van der Waals surface area contributed by atoms with Crippen LogP contribution in [0.25, 0.3) is 0 Å². The number of rotatable bonds is 12. The van der Waals surface area contributed by atoms with E-state index in [4.69, 9.17) is 34.2 Å². The molecule has 0 spiro atoms. The fourth-order valence-electron chi connectivity index (χ4n) is 3.18. The summed E-state index contributed by atoms with van der Waals surface area (Å²) in [6.45, 7) is 13.2. The highest BCUT2D eigenvalue weighted by atomic mass is 16.8. The molecule has 3 N–H and O–H groups in total. The summed E-state index contributed by atoms with van der Waals surface area (Å²) in [6, 6.07) is 2.65. The Morgan fingerprint density at radius 2 is 1.42 bits per heavy atom. The van der Waals surface area contributed by atoms with E-state index in [1.165, 1.54) is 18.2 Å². The largest absolute Gasteiger partial charge is 0.514 e. The molecule has 0 fully saturated rings. The van der Waals surface area contributed by atoms with Gasteiger partial charge in [0.2, 0.25) is 0 Å². The molecule has 0 saturated carbocycles. The molecule has 0 saturated heterocycles. The van der Waals surface area contributed by atoms with Crippen molar-refractivity contribution in [3.63, 3.8) is 0 Å². The second kappa shape index (κ2) is 14.4. The number of nitrogens with two attached hydrogens (primary N) is 1. The number of hydrogen-bond acceptors (Lipinski definition) is 11. The topological polar surface area (TPSA) is 170 Å². The van der Waals surface area contributed by atoms with Gasteiger partial charge in [0.05, 0.1) is 18.8 Å². The van der Waals surface area contributed by atoms with Gasteiger partial charge in [-0.2, -0.15) is 0 Å². The summed E-state index contributed by atoms with van der Waals surface area (Å²) in [4.78, 5) is 48.2. The molecule has 0 aromatic heterocycles. The first kappa shape index (κ1) is 32.5. The van der Waals surface area contributed by atoms with Gasteiger partial charge in [-0.25, -0.2) is 14.4 Å². The van der Waals surface area contributed by atoms with E-state index >= 15 is 0 Å². The molecular weight excluding hydrogens is 502 g/mol. The summed E-state index contributed by atoms with van der Waals surface area (Å²) in [5.41, 5.74) is 5.58. The maximum Gasteiger partial charge on any atom is 0.514 e. The molecule has 3 atom stereocenters. The highest BCUT2D eigenvalue weighted by Crippen LogP contribution is 2.36. The highest BCUT2D eigenvalue weighted by Gasteiger charge is 2.33. The lowest BCUT2D eigenvalue weighted by atomic mass is 9.82. The van der Waals surface area contributed by atoms with E-state index in [1.54, 1.807) is 48.5 Å². The quantitative estimate of drug-likeness (QED) is 0.206. The number of carboxylic acids is 1. The SMILES string of the molecule is CCC(C)(C)OC(=O)OCC(C)C(c1ccc(OC(=O)OC(C)C)c(OC(=O)OC(C)C)c1)[C@H](N)C(=O)O. The van der Waals surface area contributed by atoms with Crippen molar-refractivity contribution in [1.82, 2.24) is 0 Å². The van der Waals surface area contributed by atoms with Crippen LogP contribution in [-0.4, -0.2) is 60.0 Å². The zero-order valence-corrected chi connectivity index (χ0v) is 23.1. The fraction of sp³-hybridized carbons (Fsp3) is 0.615. The average Bonchev–Trinajstić information content (AvgIpc) is 2.78. The molecule has 1 aromatic carbocycles. The normalized spacial score (nSPS) is 13.8. The molecule has 1 aromatic rings. The van der Waals surface area contributed by atoms with Gasteiger partial charge in [0, 0.05) is 5.92 Å². The Morgan fingerprint density at radius 3 is 1.89 bits per heavy atom. The first-order valence-electron chi connectivity index (χ1n) is 12.3. The highest BCUT2D eigenvalue weighted by molar-refractivity contribution is 5.75. The summed E-state index contributed by atoms with van der Waals surface area (Å²) in [5, 5.41) is 9.65. The molecule has 12 heteroatoms. The number of benzene rings is 1. The van der Waals surface area contributed by atoms with Gasteiger partial charge in [-0.3, -0.25) is 4.79 Å². The van der Waals surface area contributed by atoms with Crippen molar-refractivity contribution in [3.8, 4) is 11.5 Å². The molecule has 2 unspecified atom stereocenters. The molecule has 1 rings (SSSR count). The zero-order chi connectivity index (χ0) is 29.2. The fourth-order valence-corrected chi connectivity index (χ4v) is 3.18. The van der Waals surface area contributed by atoms with Crippen LogP contribution in [-0.2, 0) is 23.7 Å². The monoisotopic (exact) mass is 541 g/mol. The van der Waals surface area contributed by atoms with Crippen molar-refractivity contribution in [3.05, 3.63) is 23.8 Å². The first-order chi connectivity index (χ1) is 17.6. The summed E-state index contributed by atoms with van der Waals surface area (Å²) in [7, 11) is 0. The maximum atomic E-state index is 12.2. The lowest BCUT2D eigenvalue weighted by Crippen LogP contribution is -2.41. The predicted octanol–water partition coefficient (Wildman–Crippen LogP) is 5.01. The predicted molar refractivity (Wildman–Crippen MR) is 135 cm³/mol. The van der Waals surface area contributed by atoms with Crippen LogP contribution < -0.4 is 15.2 Å². The molecule has 12 nitrogen and oxygen atoms in total. The Hall–Kier alpha value is -3.54. The minimum atomic E-state index is -1.43. The van der Waals surface area contributed by atoms with Crippen LogP contribution in [0.3, 0.4) is 0 Å². The Morgan fingerprint density at radius 1 is 0.895 bits per heavy atom. The molecule has 214 valence electrons. The number of carbonyl (C=O) groups excluding carboxylic acids is 3. The summed E-state index contributed by atoms with van der Waals surface area (Å²) in [5.74, 6) is -3.24. The van der Waals surface area contributed by atoms with E-state index in [0.717, 1.165) is 0 Å². The van der Waals surface area contributed by atoms with E-state index in [-0.39, 0.29) is 18.1 Å². The summed E-state index contributed by atoms with van der Waals surface area (Å²) >= 11 is 0. The van der Waals surface area contributed by atoms with Gasteiger partial charge in [-0.05, 0) is 71.6 Å². The summed E-state index contributed by atoms with van der Waals surface area (Å²) in [6.07, 6.45) is -3.42. The Labute approximate surface area is 222 Å². The lowest BCUT2D eigenvalue weighted by molar-refractivity contribution is -0.139. The third-order valence-corrected chi connectivity index (χ3v) is 5.36. The second-order valence-corrected chi connectivity index (χ2v) is 9.89. The van der Waals surface area contributed by atoms with Gasteiger partial charge in [-0.1, -0.05) is 19.9 Å². The van der Waals surface area contributed by atoms with Gasteiger partial charge in [-0.15, -0.1) is 0 Å². The van der Waals surface area contributed by atoms with Gasteiger partial charge in [0.25, 0.3) is 0 Å². The molecule has 0 aliphatic heterocycles. The minimum absolute atomic E-state index is 0.169. The van der Waals surface area contributed by atoms with E-state index < -0.39 is 60.1 Å². The van der Waals surface area contributed by atoms with E-state index in [2.05, 4.69) is 0 Å². The van der Waals surface area contributed by atoms with E-state index in [1.807, 2.05) is 6.92 Å². The molecule has 0 radical (unpaired) electrons. The van der Waals surface area contributed by atoms with Crippen LogP contribution in [0.15, 0.2) is 18.2 Å². The maximum absolute atomic E-state index is 12.2. The van der Waals surface area contributed by atoms with Crippen LogP contribution >= 0.6 is 0 Å². The molecule has 0 bridgehead atoms. The molecule has 0 amide bonds. The van der Waals surface area contributed by atoms with Crippen LogP contribution in [0.4, 0.5) is 14.4 Å². The third kappa shape index (κ3) is 10.8. The van der Waals surface area contributed by atoms with E-state index in [9.17, 15) is 24.3 Å². The van der Waals surface area contributed by atoms with Crippen molar-refractivity contribution in [1.29, 1.82) is 0 Å². The van der Waals surface area contributed by atoms with Crippen molar-refractivity contribution in [2.75, 3.05) is 6.61 Å². The van der Waals surface area contributed by atoms with Crippen LogP contribution in [0.2, 0.25) is 0 Å². The number of carboxylic acid groups (broad SMARTS) is 1. The van der Waals surface area contributed by atoms with Gasteiger partial charge in [0.1, 0.15) is 11.6 Å². The van der Waals surface area contributed by atoms with Crippen molar-refractivity contribution >= 4 is 24.4 Å². The second-order valence-electron chi connectivity index (χ2n) is 9.89. The standard InChI is InChI=1S/C26H39NO11/c1-9-26(7,8)38-23(30)33-13-16(6)20(21(27)22(28)29)17-10-11-18(36-24(31)34-14(2)3)19(12-17)37-25(32)35-15(4)5/h10-12,14-16,20-21H,9,13,27H2,1-8H3,(H,28,29)/t16?,20?,21-/m0/s1. The van der Waals surface area contributed by atoms with Crippen molar-refractivity contribution < 1.29 is 52.7 Å². The Kier molecular flexibility index (Phi) is 12.3. The molecule has 0 aliphatic rings. The number of hydrogen-bond donors (Lipinski definition) is 2. The smallest absolute Gasteiger partial charge is 0.480 e. The number of ether oxygens (including phenoxy) is 6. The lowest BCUT2D eigenvalue weighted by Gasteiger charge is -2.28. The minimum Gasteiger partial charge on any atom is -0.480 e. The molecular formula is C26H39NO11. The Bertz CT molecular complexity index is 974. The molecule has 0 aliphatic carbocycles. The number of aliphatic carboxylic acids is 1. The zero-order valence-electron chi connectivity index (χ0n) is 23.1. The van der Waals surface area contributed by atoms with Crippen LogP contribution in [0.1, 0.15) is 73.3 Å². The average molecular weight is 542 g/mol. The van der Waals surface area contributed by atoms with Crippen molar-refractivity contribution in [2.24, 2.45) is 11.7 Å². The summed E-state index contributed by atoms with van der Waals surface area (Å²) < 4.78 is 30.9. The van der Waals surface area contributed by atoms with E-state index in [0.29, 0.717) is 12.0 Å². The van der Waals surface area contributed by atoms with Gasteiger partial charge in [0.15, 0.2) is 11.5 Å².